The van der Waals surface area contributed by atoms with Crippen LogP contribution >= 0.6 is 0 Å². The van der Waals surface area contributed by atoms with E-state index in [4.69, 9.17) is 14.2 Å². The second kappa shape index (κ2) is 13.1. The maximum absolute atomic E-state index is 13.4. The Bertz CT molecular complexity index is 1130. The second-order valence-corrected chi connectivity index (χ2v) is 8.74. The first-order valence-corrected chi connectivity index (χ1v) is 12.9. The van der Waals surface area contributed by atoms with Crippen molar-refractivity contribution in [3.05, 3.63) is 59.2 Å². The van der Waals surface area contributed by atoms with Crippen molar-refractivity contribution >= 4 is 17.4 Å². The van der Waals surface area contributed by atoms with Gasteiger partial charge in [-0.05, 0) is 56.3 Å². The lowest BCUT2D eigenvalue weighted by Crippen LogP contribution is -2.38. The number of ether oxygens (including phenoxy) is 3. The lowest BCUT2D eigenvalue weighted by molar-refractivity contribution is -0.140. The molecule has 1 atom stereocenters. The lowest BCUT2D eigenvalue weighted by atomic mass is 9.95. The van der Waals surface area contributed by atoms with E-state index in [0.717, 1.165) is 19.5 Å². The van der Waals surface area contributed by atoms with Gasteiger partial charge in [-0.2, -0.15) is 0 Å². The van der Waals surface area contributed by atoms with Crippen LogP contribution < -0.4 is 14.2 Å². The summed E-state index contributed by atoms with van der Waals surface area (Å²) < 4.78 is 16.9. The quantitative estimate of drug-likeness (QED) is 0.238. The Kier molecular flexibility index (Phi) is 9.97. The third-order valence-corrected chi connectivity index (χ3v) is 6.48. The Morgan fingerprint density at radius 3 is 2.41 bits per heavy atom. The molecular formula is C29H38N2O6. The summed E-state index contributed by atoms with van der Waals surface area (Å²) >= 11 is 0. The van der Waals surface area contributed by atoms with E-state index in [1.807, 2.05) is 19.9 Å². The molecule has 1 N–H and O–H groups in total. The molecule has 1 fully saturated rings. The van der Waals surface area contributed by atoms with Gasteiger partial charge in [-0.3, -0.25) is 9.59 Å². The number of likely N-dealkylation sites (N-methyl/N-ethyl adjacent to an activating group) is 1. The Hall–Kier alpha value is -3.52. The van der Waals surface area contributed by atoms with E-state index in [9.17, 15) is 14.7 Å². The molecule has 0 aliphatic carbocycles. The van der Waals surface area contributed by atoms with Gasteiger partial charge in [-0.15, -0.1) is 0 Å². The van der Waals surface area contributed by atoms with Gasteiger partial charge < -0.3 is 29.1 Å². The summed E-state index contributed by atoms with van der Waals surface area (Å²) in [5.41, 5.74) is 1.11. The van der Waals surface area contributed by atoms with E-state index < -0.39 is 17.7 Å². The summed E-state index contributed by atoms with van der Waals surface area (Å²) in [6.45, 7) is 11.6. The first-order chi connectivity index (χ1) is 17.9. The molecule has 8 nitrogen and oxygen atoms in total. The summed E-state index contributed by atoms with van der Waals surface area (Å²) in [7, 11) is 1.54. The first kappa shape index (κ1) is 28.1. The minimum absolute atomic E-state index is 0.0448. The van der Waals surface area contributed by atoms with Crippen LogP contribution in [0.5, 0.6) is 17.2 Å². The van der Waals surface area contributed by atoms with Gasteiger partial charge >= 0.3 is 0 Å². The highest BCUT2D eigenvalue weighted by molar-refractivity contribution is 6.46. The topological polar surface area (TPSA) is 88.5 Å². The summed E-state index contributed by atoms with van der Waals surface area (Å²) in [4.78, 5) is 30.4. The average Bonchev–Trinajstić information content (AvgIpc) is 3.17. The van der Waals surface area contributed by atoms with Gasteiger partial charge in [0.1, 0.15) is 11.5 Å². The predicted molar refractivity (Wildman–Crippen MR) is 143 cm³/mol. The zero-order valence-corrected chi connectivity index (χ0v) is 22.5. The molecule has 1 unspecified atom stereocenters. The number of aliphatic hydroxyl groups excluding tert-OH is 1. The van der Waals surface area contributed by atoms with Gasteiger partial charge in [-0.25, -0.2) is 0 Å². The van der Waals surface area contributed by atoms with Crippen LogP contribution in [-0.4, -0.2) is 73.1 Å². The van der Waals surface area contributed by atoms with Crippen LogP contribution in [-0.2, 0) is 9.59 Å². The van der Waals surface area contributed by atoms with E-state index in [2.05, 4.69) is 18.7 Å². The van der Waals surface area contributed by atoms with Crippen molar-refractivity contribution in [2.24, 2.45) is 0 Å². The monoisotopic (exact) mass is 510 g/mol. The molecular weight excluding hydrogens is 472 g/mol. The molecule has 3 rings (SSSR count). The number of methoxy groups -OCH3 is 1. The third-order valence-electron chi connectivity index (χ3n) is 6.48. The largest absolute Gasteiger partial charge is 0.507 e. The molecule has 1 heterocycles. The van der Waals surface area contributed by atoms with Gasteiger partial charge in [-0.1, -0.05) is 39.0 Å². The zero-order valence-electron chi connectivity index (χ0n) is 22.5. The van der Waals surface area contributed by atoms with Gasteiger partial charge in [0.2, 0.25) is 0 Å². The summed E-state index contributed by atoms with van der Waals surface area (Å²) in [6.07, 6.45) is 0.841. The molecule has 0 bridgehead atoms. The van der Waals surface area contributed by atoms with Crippen LogP contribution in [0.15, 0.2) is 48.0 Å². The molecule has 0 spiro atoms. The minimum atomic E-state index is -0.777. The molecule has 0 saturated carbocycles. The van der Waals surface area contributed by atoms with Crippen LogP contribution in [0.1, 0.15) is 51.3 Å². The Morgan fingerprint density at radius 1 is 1.00 bits per heavy atom. The van der Waals surface area contributed by atoms with Crippen molar-refractivity contribution in [1.82, 2.24) is 9.80 Å². The van der Waals surface area contributed by atoms with E-state index in [-0.39, 0.29) is 11.3 Å². The van der Waals surface area contributed by atoms with Crippen molar-refractivity contribution in [3.63, 3.8) is 0 Å². The maximum atomic E-state index is 13.4. The normalized spacial score (nSPS) is 16.9. The molecule has 8 heteroatoms. The van der Waals surface area contributed by atoms with Crippen LogP contribution in [0.25, 0.3) is 5.76 Å². The lowest BCUT2D eigenvalue weighted by Gasteiger charge is -2.28. The molecule has 2 aromatic carbocycles. The highest BCUT2D eigenvalue weighted by Gasteiger charge is 2.46. The molecule has 1 aliphatic heterocycles. The number of carbonyl (C=O) groups excluding carboxylic acids is 2. The Balaban J connectivity index is 2.13. The maximum Gasteiger partial charge on any atom is 0.295 e. The van der Waals surface area contributed by atoms with Crippen LogP contribution in [0.3, 0.4) is 0 Å². The fraction of sp³-hybridized carbons (Fsp3) is 0.448. The van der Waals surface area contributed by atoms with Crippen molar-refractivity contribution in [1.29, 1.82) is 0 Å². The molecule has 0 radical (unpaired) electrons. The molecule has 1 aliphatic rings. The highest BCUT2D eigenvalue weighted by Crippen LogP contribution is 2.42. The number of amides is 1. The smallest absolute Gasteiger partial charge is 0.295 e. The zero-order chi connectivity index (χ0) is 26.9. The number of ketones is 1. The SMILES string of the molecule is CCCOc1cccc(/C(O)=C2\C(=O)C(=O)N(CCN(CC)CC)C2c2ccc(OCC)c(OC)c2)c1. The number of hydrogen-bond acceptors (Lipinski definition) is 7. The van der Waals surface area contributed by atoms with Crippen LogP contribution in [0.2, 0.25) is 0 Å². The van der Waals surface area contributed by atoms with Crippen molar-refractivity contribution in [3.8, 4) is 17.2 Å². The fourth-order valence-corrected chi connectivity index (χ4v) is 4.48. The highest BCUT2D eigenvalue weighted by atomic mass is 16.5. The summed E-state index contributed by atoms with van der Waals surface area (Å²) in [5, 5.41) is 11.4. The van der Waals surface area contributed by atoms with Gasteiger partial charge in [0.05, 0.1) is 31.9 Å². The van der Waals surface area contributed by atoms with Gasteiger partial charge in [0.25, 0.3) is 11.7 Å². The van der Waals surface area contributed by atoms with Crippen molar-refractivity contribution < 1.29 is 28.9 Å². The fourth-order valence-electron chi connectivity index (χ4n) is 4.48. The second-order valence-electron chi connectivity index (χ2n) is 8.74. The number of nitrogens with zero attached hydrogens (tertiary/aromatic N) is 2. The molecule has 37 heavy (non-hydrogen) atoms. The van der Waals surface area contributed by atoms with Crippen LogP contribution in [0.4, 0.5) is 0 Å². The predicted octanol–water partition coefficient (Wildman–Crippen LogP) is 4.65. The van der Waals surface area contributed by atoms with Gasteiger partial charge in [0.15, 0.2) is 11.5 Å². The number of likely N-dealkylation sites (tertiary alicyclic amines) is 1. The molecule has 0 aromatic heterocycles. The number of Topliss-reactive ketones (excluding diaryl/α,β-unsaturated/α-hetero) is 1. The van der Waals surface area contributed by atoms with E-state index in [1.54, 1.807) is 48.4 Å². The molecule has 200 valence electrons. The summed E-state index contributed by atoms with van der Waals surface area (Å²) in [5.74, 6) is 0.0578. The van der Waals surface area contributed by atoms with E-state index in [1.165, 1.54) is 0 Å². The average molecular weight is 511 g/mol. The number of aliphatic hydroxyl groups is 1. The molecule has 2 aromatic rings. The first-order valence-electron chi connectivity index (χ1n) is 12.9. The number of carbonyl (C=O) groups is 2. The van der Waals surface area contributed by atoms with E-state index in [0.29, 0.717) is 54.7 Å². The minimum Gasteiger partial charge on any atom is -0.507 e. The standard InChI is InChI=1S/C29H38N2O6/c1-6-17-37-22-12-10-11-21(18-22)27(32)25-26(20-13-14-23(36-9-4)24(19-20)35-5)31(29(34)28(25)33)16-15-30(7-2)8-3/h10-14,18-19,26,32H,6-9,15-17H2,1-5H3/b27-25+. The molecule has 1 saturated heterocycles. The number of hydrogen-bond donors (Lipinski definition) is 1. The van der Waals surface area contributed by atoms with Gasteiger partial charge in [0, 0.05) is 18.7 Å². The number of rotatable bonds is 13. The molecule has 1 amide bonds. The van der Waals surface area contributed by atoms with Crippen LogP contribution in [0, 0.1) is 0 Å². The van der Waals surface area contributed by atoms with Crippen molar-refractivity contribution in [2.75, 3.05) is 46.5 Å². The van der Waals surface area contributed by atoms with E-state index >= 15 is 0 Å². The number of benzene rings is 2. The third kappa shape index (κ3) is 6.25. The van der Waals surface area contributed by atoms with Crippen molar-refractivity contribution in [2.45, 2.75) is 40.2 Å². The Morgan fingerprint density at radius 2 is 1.76 bits per heavy atom. The Labute approximate surface area is 219 Å². The summed E-state index contributed by atoms with van der Waals surface area (Å²) in [6, 6.07) is 11.5.